The lowest BCUT2D eigenvalue weighted by molar-refractivity contribution is -0.138. The van der Waals surface area contributed by atoms with Crippen LogP contribution in [-0.2, 0) is 6.18 Å². The number of hydrogen-bond acceptors (Lipinski definition) is 1. The Kier molecular flexibility index (Phi) is 4.74. The first kappa shape index (κ1) is 14.2. The number of halogens is 4. The van der Waals surface area contributed by atoms with Gasteiger partial charge < -0.3 is 0 Å². The van der Waals surface area contributed by atoms with Crippen molar-refractivity contribution in [3.8, 4) is 0 Å². The molecule has 1 aromatic rings. The first-order chi connectivity index (χ1) is 7.86. The second kappa shape index (κ2) is 5.67. The molecule has 0 aliphatic carbocycles. The van der Waals surface area contributed by atoms with Crippen LogP contribution >= 0.6 is 15.9 Å². The molecule has 0 bridgehead atoms. The summed E-state index contributed by atoms with van der Waals surface area (Å²) < 4.78 is 37.8. The molecule has 1 nitrogen and oxygen atoms in total. The second-order valence-electron chi connectivity index (χ2n) is 3.72. The van der Waals surface area contributed by atoms with Crippen molar-refractivity contribution in [1.82, 2.24) is 0 Å². The highest BCUT2D eigenvalue weighted by Crippen LogP contribution is 2.35. The average molecular weight is 309 g/mol. The van der Waals surface area contributed by atoms with Crippen LogP contribution in [0.2, 0.25) is 0 Å². The fourth-order valence-corrected chi connectivity index (χ4v) is 1.87. The molecule has 0 atom stereocenters. The largest absolute Gasteiger partial charge is 0.417 e. The van der Waals surface area contributed by atoms with E-state index in [1.807, 2.05) is 6.92 Å². The van der Waals surface area contributed by atoms with Gasteiger partial charge in [0.25, 0.3) is 0 Å². The van der Waals surface area contributed by atoms with E-state index >= 15 is 0 Å². The molecular formula is C12H12BrF3O. The summed E-state index contributed by atoms with van der Waals surface area (Å²) in [6.07, 6.45) is -2.63. The summed E-state index contributed by atoms with van der Waals surface area (Å²) in [5.41, 5.74) is -0.686. The highest BCUT2D eigenvalue weighted by Gasteiger charge is 2.33. The van der Waals surface area contributed by atoms with E-state index in [9.17, 15) is 18.0 Å². The molecule has 0 aliphatic rings. The zero-order chi connectivity index (χ0) is 13.1. The Morgan fingerprint density at radius 2 is 2.00 bits per heavy atom. The summed E-state index contributed by atoms with van der Waals surface area (Å²) in [5.74, 6) is -0.246. The zero-order valence-corrected chi connectivity index (χ0v) is 10.9. The van der Waals surface area contributed by atoms with Crippen molar-refractivity contribution in [2.75, 3.05) is 0 Å². The maximum absolute atomic E-state index is 12.6. The Morgan fingerprint density at radius 1 is 1.35 bits per heavy atom. The van der Waals surface area contributed by atoms with Crippen LogP contribution in [-0.4, -0.2) is 5.78 Å². The van der Waals surface area contributed by atoms with Crippen molar-refractivity contribution >= 4 is 21.7 Å². The summed E-state index contributed by atoms with van der Waals surface area (Å²) in [5, 5.41) is 0. The first-order valence-corrected chi connectivity index (χ1v) is 6.05. The third-order valence-corrected chi connectivity index (χ3v) is 3.04. The molecule has 1 aromatic carbocycles. The third kappa shape index (κ3) is 3.84. The summed E-state index contributed by atoms with van der Waals surface area (Å²) in [6.45, 7) is 1.93. The number of alkyl halides is 3. The van der Waals surface area contributed by atoms with Crippen LogP contribution < -0.4 is 0 Å². The standard InChI is InChI=1S/C12H12BrF3O/c1-2-3-4-11(17)8-5-6-10(13)9(7-8)12(14,15)16/h5-7H,2-4H2,1H3. The lowest BCUT2D eigenvalue weighted by Gasteiger charge is -2.10. The zero-order valence-electron chi connectivity index (χ0n) is 9.27. The minimum Gasteiger partial charge on any atom is -0.294 e. The van der Waals surface area contributed by atoms with Gasteiger partial charge in [-0.05, 0) is 18.6 Å². The fourth-order valence-electron chi connectivity index (χ4n) is 1.40. The molecule has 0 spiro atoms. The highest BCUT2D eigenvalue weighted by atomic mass is 79.9. The lowest BCUT2D eigenvalue weighted by atomic mass is 10.0. The van der Waals surface area contributed by atoms with Crippen LogP contribution in [0.15, 0.2) is 22.7 Å². The number of hydrogen-bond donors (Lipinski definition) is 0. The Hall–Kier alpha value is -0.840. The molecule has 0 saturated heterocycles. The van der Waals surface area contributed by atoms with Gasteiger partial charge in [-0.15, -0.1) is 0 Å². The van der Waals surface area contributed by atoms with E-state index in [1.165, 1.54) is 12.1 Å². The van der Waals surface area contributed by atoms with E-state index in [2.05, 4.69) is 15.9 Å². The SMILES string of the molecule is CCCCC(=O)c1ccc(Br)c(C(F)(F)F)c1. The molecule has 17 heavy (non-hydrogen) atoms. The number of benzene rings is 1. The fraction of sp³-hybridized carbons (Fsp3) is 0.417. The van der Waals surface area contributed by atoms with Gasteiger partial charge in [-0.3, -0.25) is 4.79 Å². The Bertz CT molecular complexity index is 413. The van der Waals surface area contributed by atoms with Gasteiger partial charge in [-0.2, -0.15) is 13.2 Å². The van der Waals surface area contributed by atoms with E-state index < -0.39 is 11.7 Å². The van der Waals surface area contributed by atoms with Gasteiger partial charge in [-0.25, -0.2) is 0 Å². The molecule has 0 radical (unpaired) electrons. The minimum absolute atomic E-state index is 0.0444. The number of unbranched alkanes of at least 4 members (excludes halogenated alkanes) is 1. The molecule has 0 fully saturated rings. The number of Topliss-reactive ketones (excluding diaryl/α,β-unsaturated/α-hetero) is 1. The van der Waals surface area contributed by atoms with E-state index in [1.54, 1.807) is 0 Å². The normalized spacial score (nSPS) is 11.6. The summed E-state index contributed by atoms with van der Waals surface area (Å²) in [4.78, 5) is 11.6. The van der Waals surface area contributed by atoms with Crippen LogP contribution in [0.5, 0.6) is 0 Å². The monoisotopic (exact) mass is 308 g/mol. The molecule has 0 aliphatic heterocycles. The van der Waals surface area contributed by atoms with Crippen molar-refractivity contribution in [2.45, 2.75) is 32.4 Å². The lowest BCUT2D eigenvalue weighted by Crippen LogP contribution is -2.08. The number of ketones is 1. The highest BCUT2D eigenvalue weighted by molar-refractivity contribution is 9.10. The van der Waals surface area contributed by atoms with Gasteiger partial charge in [0.2, 0.25) is 0 Å². The van der Waals surface area contributed by atoms with Gasteiger partial charge in [-0.1, -0.05) is 35.3 Å². The number of rotatable bonds is 4. The van der Waals surface area contributed by atoms with Crippen molar-refractivity contribution in [2.24, 2.45) is 0 Å². The summed E-state index contributed by atoms with van der Waals surface area (Å²) in [6, 6.07) is 3.58. The Labute approximate surface area is 106 Å². The van der Waals surface area contributed by atoms with E-state index in [0.717, 1.165) is 12.5 Å². The van der Waals surface area contributed by atoms with Crippen LogP contribution in [0, 0.1) is 0 Å². The van der Waals surface area contributed by atoms with Crippen LogP contribution in [0.25, 0.3) is 0 Å². The van der Waals surface area contributed by atoms with Gasteiger partial charge in [0, 0.05) is 16.5 Å². The molecule has 0 aromatic heterocycles. The molecule has 0 amide bonds. The molecule has 0 unspecified atom stereocenters. The van der Waals surface area contributed by atoms with E-state index in [4.69, 9.17) is 0 Å². The average Bonchev–Trinajstić information content (AvgIpc) is 2.25. The van der Waals surface area contributed by atoms with Crippen molar-refractivity contribution in [1.29, 1.82) is 0 Å². The predicted molar refractivity (Wildman–Crippen MR) is 63.0 cm³/mol. The first-order valence-electron chi connectivity index (χ1n) is 5.26. The number of carbonyl (C=O) groups excluding carboxylic acids is 1. The van der Waals surface area contributed by atoms with Gasteiger partial charge >= 0.3 is 6.18 Å². The maximum atomic E-state index is 12.6. The summed E-state index contributed by atoms with van der Waals surface area (Å²) >= 11 is 2.84. The Balaban J connectivity index is 3.00. The molecule has 1 rings (SSSR count). The van der Waals surface area contributed by atoms with Crippen LogP contribution in [0.3, 0.4) is 0 Å². The van der Waals surface area contributed by atoms with E-state index in [-0.39, 0.29) is 22.2 Å². The quantitative estimate of drug-likeness (QED) is 0.727. The number of carbonyl (C=O) groups is 1. The van der Waals surface area contributed by atoms with Crippen LogP contribution in [0.4, 0.5) is 13.2 Å². The molecule has 94 valence electrons. The minimum atomic E-state index is -4.44. The molecule has 0 saturated carbocycles. The van der Waals surface area contributed by atoms with Crippen molar-refractivity contribution in [3.05, 3.63) is 33.8 Å². The van der Waals surface area contributed by atoms with Gasteiger partial charge in [0.1, 0.15) is 0 Å². The molecular weight excluding hydrogens is 297 g/mol. The van der Waals surface area contributed by atoms with Crippen molar-refractivity contribution in [3.63, 3.8) is 0 Å². The molecule has 0 heterocycles. The smallest absolute Gasteiger partial charge is 0.294 e. The third-order valence-electron chi connectivity index (χ3n) is 2.35. The maximum Gasteiger partial charge on any atom is 0.417 e. The predicted octanol–water partition coefficient (Wildman–Crippen LogP) is 4.84. The second-order valence-corrected chi connectivity index (χ2v) is 4.57. The Morgan fingerprint density at radius 3 is 2.53 bits per heavy atom. The van der Waals surface area contributed by atoms with Crippen LogP contribution in [0.1, 0.15) is 42.1 Å². The summed E-state index contributed by atoms with van der Waals surface area (Å²) in [7, 11) is 0. The topological polar surface area (TPSA) is 17.1 Å². The molecule has 5 heteroatoms. The van der Waals surface area contributed by atoms with Gasteiger partial charge in [0.05, 0.1) is 5.56 Å². The van der Waals surface area contributed by atoms with Crippen molar-refractivity contribution < 1.29 is 18.0 Å². The van der Waals surface area contributed by atoms with E-state index in [0.29, 0.717) is 6.42 Å². The molecule has 0 N–H and O–H groups in total. The van der Waals surface area contributed by atoms with Gasteiger partial charge in [0.15, 0.2) is 5.78 Å².